The third-order valence-corrected chi connectivity index (χ3v) is 3.45. The van der Waals surface area contributed by atoms with E-state index in [1.807, 2.05) is 24.3 Å². The van der Waals surface area contributed by atoms with Crippen LogP contribution in [0.25, 0.3) is 21.9 Å². The number of halogens is 1. The number of hydrogen-bond donors (Lipinski definition) is 2. The van der Waals surface area contributed by atoms with E-state index in [2.05, 4.69) is 37.3 Å². The van der Waals surface area contributed by atoms with Crippen molar-refractivity contribution in [2.45, 2.75) is 0 Å². The maximum Gasteiger partial charge on any atom is 0.161 e. The molecule has 3 N–H and O–H groups in total. The molecule has 0 aliphatic carbocycles. The molecule has 0 aliphatic heterocycles. The first-order valence-electron chi connectivity index (χ1n) is 6.07. The molecular weight excluding hydrogens is 304 g/mol. The van der Waals surface area contributed by atoms with Crippen molar-refractivity contribution in [3.63, 3.8) is 0 Å². The lowest BCUT2D eigenvalue weighted by atomic mass is 10.1. The molecule has 2 heterocycles. The molecule has 0 bridgehead atoms. The molecule has 4 nitrogen and oxygen atoms in total. The van der Waals surface area contributed by atoms with Gasteiger partial charge in [-0.25, -0.2) is 9.97 Å². The van der Waals surface area contributed by atoms with E-state index in [4.69, 9.17) is 5.73 Å². The van der Waals surface area contributed by atoms with E-state index in [1.54, 1.807) is 6.20 Å². The Morgan fingerprint density at radius 2 is 2.11 bits per heavy atom. The van der Waals surface area contributed by atoms with Crippen LogP contribution in [0.3, 0.4) is 0 Å². The maximum atomic E-state index is 5.59. The summed E-state index contributed by atoms with van der Waals surface area (Å²) in [6.07, 6.45) is 1.76. The van der Waals surface area contributed by atoms with Gasteiger partial charge in [0, 0.05) is 34.5 Å². The summed E-state index contributed by atoms with van der Waals surface area (Å²) in [5.74, 6) is 0. The highest BCUT2D eigenvalue weighted by atomic mass is 79.9. The number of nitrogens with one attached hydrogen (secondary N) is 1. The quantitative estimate of drug-likeness (QED) is 0.729. The summed E-state index contributed by atoms with van der Waals surface area (Å²) in [6, 6.07) is 9.97. The second kappa shape index (κ2) is 5.11. The number of anilines is 1. The average Bonchev–Trinajstić information content (AvgIpc) is 2.44. The SMILES string of the molecule is NCCNc1c2cc(Br)ccc2nc2ncccc12. The fourth-order valence-corrected chi connectivity index (χ4v) is 2.50. The molecule has 0 amide bonds. The summed E-state index contributed by atoms with van der Waals surface area (Å²) in [7, 11) is 0. The van der Waals surface area contributed by atoms with Crippen LogP contribution in [0.15, 0.2) is 41.0 Å². The molecular formula is C14H13BrN4. The Hall–Kier alpha value is -1.72. The van der Waals surface area contributed by atoms with Crippen molar-refractivity contribution < 1.29 is 0 Å². The molecule has 0 spiro atoms. The summed E-state index contributed by atoms with van der Waals surface area (Å²) >= 11 is 3.50. The van der Waals surface area contributed by atoms with Gasteiger partial charge in [0.05, 0.1) is 11.2 Å². The third kappa shape index (κ3) is 2.27. The predicted molar refractivity (Wildman–Crippen MR) is 82.3 cm³/mol. The monoisotopic (exact) mass is 316 g/mol. The Labute approximate surface area is 119 Å². The molecule has 19 heavy (non-hydrogen) atoms. The molecule has 1 aromatic carbocycles. The first-order chi connectivity index (χ1) is 9.29. The number of pyridine rings is 2. The Morgan fingerprint density at radius 3 is 2.95 bits per heavy atom. The first kappa shape index (κ1) is 12.3. The van der Waals surface area contributed by atoms with Crippen molar-refractivity contribution in [2.75, 3.05) is 18.4 Å². The Kier molecular flexibility index (Phi) is 3.31. The smallest absolute Gasteiger partial charge is 0.161 e. The number of benzene rings is 1. The van der Waals surface area contributed by atoms with Crippen LogP contribution in [-0.2, 0) is 0 Å². The number of hydrogen-bond acceptors (Lipinski definition) is 4. The van der Waals surface area contributed by atoms with E-state index < -0.39 is 0 Å². The zero-order valence-electron chi connectivity index (χ0n) is 10.2. The minimum atomic E-state index is 0.583. The molecule has 0 aliphatic rings. The highest BCUT2D eigenvalue weighted by Gasteiger charge is 2.09. The van der Waals surface area contributed by atoms with Crippen molar-refractivity contribution in [3.8, 4) is 0 Å². The molecule has 3 aromatic rings. The second-order valence-electron chi connectivity index (χ2n) is 4.24. The van der Waals surface area contributed by atoms with Crippen molar-refractivity contribution >= 4 is 43.6 Å². The van der Waals surface area contributed by atoms with E-state index in [1.165, 1.54) is 0 Å². The van der Waals surface area contributed by atoms with Gasteiger partial charge in [0.15, 0.2) is 5.65 Å². The molecule has 0 saturated heterocycles. The summed E-state index contributed by atoms with van der Waals surface area (Å²) in [6.45, 7) is 1.30. The van der Waals surface area contributed by atoms with Crippen molar-refractivity contribution in [2.24, 2.45) is 5.73 Å². The Balaban J connectivity index is 2.36. The lowest BCUT2D eigenvalue weighted by Crippen LogP contribution is -2.13. The fraction of sp³-hybridized carbons (Fsp3) is 0.143. The van der Waals surface area contributed by atoms with Gasteiger partial charge in [-0.15, -0.1) is 0 Å². The number of rotatable bonds is 3. The zero-order valence-corrected chi connectivity index (χ0v) is 11.8. The molecule has 0 radical (unpaired) electrons. The second-order valence-corrected chi connectivity index (χ2v) is 5.15. The van der Waals surface area contributed by atoms with Gasteiger partial charge in [0.25, 0.3) is 0 Å². The molecule has 0 fully saturated rings. The van der Waals surface area contributed by atoms with Crippen LogP contribution in [0.1, 0.15) is 0 Å². The molecule has 0 atom stereocenters. The van der Waals surface area contributed by atoms with E-state index in [0.717, 1.165) is 38.6 Å². The van der Waals surface area contributed by atoms with E-state index in [9.17, 15) is 0 Å². The highest BCUT2D eigenvalue weighted by molar-refractivity contribution is 9.10. The summed E-state index contributed by atoms with van der Waals surface area (Å²) in [5.41, 5.74) is 8.30. The number of aromatic nitrogens is 2. The molecule has 96 valence electrons. The molecule has 3 rings (SSSR count). The Morgan fingerprint density at radius 1 is 1.21 bits per heavy atom. The van der Waals surface area contributed by atoms with Crippen molar-refractivity contribution in [1.29, 1.82) is 0 Å². The molecule has 0 saturated carbocycles. The topological polar surface area (TPSA) is 63.8 Å². The minimum absolute atomic E-state index is 0.583. The summed E-state index contributed by atoms with van der Waals surface area (Å²) in [4.78, 5) is 8.91. The lowest BCUT2D eigenvalue weighted by molar-refractivity contribution is 1.03. The Bertz CT molecular complexity index is 742. The van der Waals surface area contributed by atoms with Crippen LogP contribution < -0.4 is 11.1 Å². The molecule has 5 heteroatoms. The maximum absolute atomic E-state index is 5.59. The van der Waals surface area contributed by atoms with Gasteiger partial charge in [-0.3, -0.25) is 0 Å². The van der Waals surface area contributed by atoms with Crippen molar-refractivity contribution in [1.82, 2.24) is 9.97 Å². The highest BCUT2D eigenvalue weighted by Crippen LogP contribution is 2.31. The van der Waals surface area contributed by atoms with Crippen molar-refractivity contribution in [3.05, 3.63) is 41.0 Å². The lowest BCUT2D eigenvalue weighted by Gasteiger charge is -2.12. The van der Waals surface area contributed by atoms with Gasteiger partial charge in [0.2, 0.25) is 0 Å². The number of nitrogens with two attached hydrogens (primary N) is 1. The van der Waals surface area contributed by atoms with Gasteiger partial charge in [-0.1, -0.05) is 15.9 Å². The largest absolute Gasteiger partial charge is 0.383 e. The minimum Gasteiger partial charge on any atom is -0.383 e. The van der Waals surface area contributed by atoms with Crippen LogP contribution in [0, 0.1) is 0 Å². The van der Waals surface area contributed by atoms with Crippen LogP contribution in [0.4, 0.5) is 5.69 Å². The molecule has 2 aromatic heterocycles. The van der Waals surface area contributed by atoms with E-state index in [-0.39, 0.29) is 0 Å². The van der Waals surface area contributed by atoms with Crippen LogP contribution >= 0.6 is 15.9 Å². The van der Waals surface area contributed by atoms with Gasteiger partial charge < -0.3 is 11.1 Å². The van der Waals surface area contributed by atoms with E-state index >= 15 is 0 Å². The van der Waals surface area contributed by atoms with Crippen LogP contribution in [-0.4, -0.2) is 23.1 Å². The summed E-state index contributed by atoms with van der Waals surface area (Å²) in [5, 5.41) is 5.47. The number of nitrogens with zero attached hydrogens (tertiary/aromatic N) is 2. The van der Waals surface area contributed by atoms with E-state index in [0.29, 0.717) is 6.54 Å². The zero-order chi connectivity index (χ0) is 13.2. The molecule has 0 unspecified atom stereocenters. The fourth-order valence-electron chi connectivity index (χ4n) is 2.13. The van der Waals surface area contributed by atoms with Gasteiger partial charge in [0.1, 0.15) is 0 Å². The van der Waals surface area contributed by atoms with Gasteiger partial charge in [-0.05, 0) is 30.3 Å². The van der Waals surface area contributed by atoms with Crippen LogP contribution in [0.2, 0.25) is 0 Å². The standard InChI is InChI=1S/C14H13BrN4/c15-9-3-4-12-11(8-9)13(17-7-5-16)10-2-1-6-18-14(10)19-12/h1-4,6,8H,5,7,16H2,(H,17,18,19). The number of fused-ring (bicyclic) bond motifs is 2. The predicted octanol–water partition coefficient (Wildman–Crippen LogP) is 2.92. The van der Waals surface area contributed by atoms with Gasteiger partial charge in [-0.2, -0.15) is 0 Å². The van der Waals surface area contributed by atoms with Crippen LogP contribution in [0.5, 0.6) is 0 Å². The average molecular weight is 317 g/mol. The first-order valence-corrected chi connectivity index (χ1v) is 6.87. The third-order valence-electron chi connectivity index (χ3n) is 2.96. The summed E-state index contributed by atoms with van der Waals surface area (Å²) < 4.78 is 1.03. The van der Waals surface area contributed by atoms with Gasteiger partial charge >= 0.3 is 0 Å². The normalized spacial score (nSPS) is 11.1.